The van der Waals surface area contributed by atoms with Crippen LogP contribution >= 0.6 is 11.3 Å². The second-order valence-electron chi connectivity index (χ2n) is 17.2. The number of thiophene rings is 1. The van der Waals surface area contributed by atoms with Gasteiger partial charge in [0.25, 0.3) is 0 Å². The highest BCUT2D eigenvalue weighted by molar-refractivity contribution is 7.23. The molecule has 0 saturated carbocycles. The lowest BCUT2D eigenvalue weighted by Crippen LogP contribution is -2.57. The van der Waals surface area contributed by atoms with E-state index < -0.39 is 134 Å². The molecular weight excluding hydrogens is 845 g/mol. The first-order valence-corrected chi connectivity index (χ1v) is 19.9. The minimum atomic E-state index is -5.31. The van der Waals surface area contributed by atoms with Crippen molar-refractivity contribution in [2.24, 2.45) is 5.41 Å². The monoisotopic (exact) mass is 884 g/mol. The van der Waals surface area contributed by atoms with E-state index in [2.05, 4.69) is 15.3 Å². The average Bonchev–Trinajstić information content (AvgIpc) is 3.84. The number of ether oxygens (including phenoxy) is 4. The first-order valence-electron chi connectivity index (χ1n) is 19.1. The molecule has 7 rings (SSSR count). The van der Waals surface area contributed by atoms with Crippen LogP contribution in [-0.2, 0) is 20.4 Å². The first-order chi connectivity index (χ1) is 28.3. The summed E-state index contributed by atoms with van der Waals surface area (Å²) in [6.07, 6.45) is -11.3. The number of carbonyl (C=O) groups is 2. The Morgan fingerprint density at radius 2 is 1.66 bits per heavy atom. The summed E-state index contributed by atoms with van der Waals surface area (Å²) < 4.78 is 143. The van der Waals surface area contributed by atoms with Gasteiger partial charge < -0.3 is 23.8 Å². The number of piperazine rings is 1. The van der Waals surface area contributed by atoms with Gasteiger partial charge in [0.1, 0.15) is 51.4 Å². The van der Waals surface area contributed by atoms with Crippen molar-refractivity contribution < 1.29 is 63.7 Å². The highest BCUT2D eigenvalue weighted by Gasteiger charge is 2.58. The number of anilines is 2. The molecule has 328 valence electrons. The molecule has 3 atom stereocenters. The topological polar surface area (TPSA) is 139 Å². The molecule has 3 unspecified atom stereocenters. The number of nitrogens with zero attached hydrogens (tertiary/aromatic N) is 5. The van der Waals surface area contributed by atoms with Gasteiger partial charge in [-0.25, -0.2) is 18.4 Å². The summed E-state index contributed by atoms with van der Waals surface area (Å²) in [6, 6.07) is 2.14. The van der Waals surface area contributed by atoms with E-state index in [1.165, 1.54) is 9.80 Å². The molecule has 12 nitrogen and oxygen atoms in total. The average molecular weight is 885 g/mol. The summed E-state index contributed by atoms with van der Waals surface area (Å²) in [4.78, 5) is 37.4. The van der Waals surface area contributed by atoms with Crippen molar-refractivity contribution in [2.45, 2.75) is 96.4 Å². The normalized spacial score (nSPS) is 20.9. The molecule has 3 aliphatic rings. The van der Waals surface area contributed by atoms with E-state index in [-0.39, 0.29) is 30.5 Å². The summed E-state index contributed by atoms with van der Waals surface area (Å²) in [6.45, 7) is 7.62. The molecule has 5 heterocycles. The van der Waals surface area contributed by atoms with E-state index in [4.69, 9.17) is 18.9 Å². The lowest BCUT2D eigenvalue weighted by molar-refractivity contribution is -0.231. The van der Waals surface area contributed by atoms with E-state index in [0.717, 1.165) is 12.1 Å². The van der Waals surface area contributed by atoms with Gasteiger partial charge in [-0.3, -0.25) is 10.2 Å². The van der Waals surface area contributed by atoms with Crippen LogP contribution in [0.3, 0.4) is 0 Å². The molecular formula is C40H40F8N6O6S. The number of fused-ring (bicyclic) bond motifs is 4. The minimum absolute atomic E-state index is 0.0290. The fraction of sp³-hybridized carbons (Fsp3) is 0.525. The SMILES string of the molecule is CC(C)(C)OC(=O)Nc1sc2c(F)ccc(-c3c(C(F)(F)F)cc4c(N5CC6CCC(C5)N6C(=O)OC(C)(C)C)nc(OCC5(C(F)(F)F)CCOC5)nc4c3F)c2c1C#N. The van der Waals surface area contributed by atoms with Crippen LogP contribution in [0.1, 0.15) is 71.9 Å². The number of benzene rings is 2. The Bertz CT molecular complexity index is 2440. The van der Waals surface area contributed by atoms with Crippen LogP contribution < -0.4 is 15.0 Å². The van der Waals surface area contributed by atoms with Crippen molar-refractivity contribution in [2.75, 3.05) is 43.1 Å². The third-order valence-electron chi connectivity index (χ3n) is 10.6. The molecule has 2 aromatic carbocycles. The van der Waals surface area contributed by atoms with Gasteiger partial charge in [-0.15, -0.1) is 11.3 Å². The van der Waals surface area contributed by atoms with Crippen LogP contribution in [0.25, 0.3) is 32.1 Å². The van der Waals surface area contributed by atoms with Crippen LogP contribution in [0.5, 0.6) is 6.01 Å². The molecule has 3 fully saturated rings. The molecule has 2 bridgehead atoms. The largest absolute Gasteiger partial charge is 0.462 e. The smallest absolute Gasteiger partial charge is 0.417 e. The number of aromatic nitrogens is 2. The maximum atomic E-state index is 17.4. The maximum absolute atomic E-state index is 17.4. The summed E-state index contributed by atoms with van der Waals surface area (Å²) in [5, 5.41) is 11.3. The number of nitrogens with one attached hydrogen (secondary N) is 1. The summed E-state index contributed by atoms with van der Waals surface area (Å²) >= 11 is 0.512. The summed E-state index contributed by atoms with van der Waals surface area (Å²) in [5.41, 5.74) is -8.95. The Kier molecular flexibility index (Phi) is 11.0. The zero-order valence-corrected chi connectivity index (χ0v) is 34.5. The fourth-order valence-corrected chi connectivity index (χ4v) is 8.94. The van der Waals surface area contributed by atoms with Gasteiger partial charge >= 0.3 is 30.5 Å². The van der Waals surface area contributed by atoms with E-state index >= 15 is 22.0 Å². The van der Waals surface area contributed by atoms with Gasteiger partial charge in [0.15, 0.2) is 5.82 Å². The van der Waals surface area contributed by atoms with Gasteiger partial charge in [-0.2, -0.15) is 41.6 Å². The van der Waals surface area contributed by atoms with E-state index in [9.17, 15) is 28.0 Å². The minimum Gasteiger partial charge on any atom is -0.462 e. The predicted octanol–water partition coefficient (Wildman–Crippen LogP) is 9.96. The Morgan fingerprint density at radius 3 is 2.21 bits per heavy atom. The third-order valence-corrected chi connectivity index (χ3v) is 11.7. The van der Waals surface area contributed by atoms with Crippen LogP contribution in [0.2, 0.25) is 0 Å². The maximum Gasteiger partial charge on any atom is 0.417 e. The molecule has 0 spiro atoms. The summed E-state index contributed by atoms with van der Waals surface area (Å²) in [7, 11) is 0. The van der Waals surface area contributed by atoms with E-state index in [0.29, 0.717) is 30.2 Å². The van der Waals surface area contributed by atoms with Crippen molar-refractivity contribution >= 4 is 55.3 Å². The van der Waals surface area contributed by atoms with Crippen LogP contribution in [0.15, 0.2) is 18.2 Å². The van der Waals surface area contributed by atoms with Gasteiger partial charge in [-0.05, 0) is 78.5 Å². The fourth-order valence-electron chi connectivity index (χ4n) is 7.87. The van der Waals surface area contributed by atoms with Crippen LogP contribution in [-0.4, -0.2) is 89.4 Å². The highest BCUT2D eigenvalue weighted by Crippen LogP contribution is 2.50. The number of carbonyl (C=O) groups excluding carboxylic acids is 2. The number of rotatable bonds is 6. The van der Waals surface area contributed by atoms with Gasteiger partial charge in [-0.1, -0.05) is 6.07 Å². The zero-order chi connectivity index (χ0) is 44.6. The van der Waals surface area contributed by atoms with Gasteiger partial charge in [0.05, 0.1) is 34.5 Å². The highest BCUT2D eigenvalue weighted by atomic mass is 32.1. The standard InChI is InChI=1S/C40H40F8N6O6S/c1-36(2,3)59-34(55)52-32-23(14-49)26-21(9-10-25(41)30(26)61-32)27-24(39(43,44)45)13-22-29(28(27)42)50-33(58-18-38(40(46,47)48)11-12-57-17-38)51-31(22)53-15-19-7-8-20(16-53)54(19)35(56)60-37(4,5)6/h9-10,13,19-20H,7-8,11-12,15-18H2,1-6H3,(H,52,55). The molecule has 61 heavy (non-hydrogen) atoms. The van der Waals surface area contributed by atoms with Crippen molar-refractivity contribution in [3.8, 4) is 23.2 Å². The second kappa shape index (κ2) is 15.3. The molecule has 1 N–H and O–H groups in total. The molecule has 4 aromatic rings. The lowest BCUT2D eigenvalue weighted by Gasteiger charge is -2.42. The molecule has 3 saturated heterocycles. The number of nitriles is 1. The Balaban J connectivity index is 1.42. The van der Waals surface area contributed by atoms with Crippen molar-refractivity contribution in [1.82, 2.24) is 14.9 Å². The number of hydrogen-bond donors (Lipinski definition) is 1. The van der Waals surface area contributed by atoms with Crippen molar-refractivity contribution in [1.29, 1.82) is 5.26 Å². The van der Waals surface area contributed by atoms with Crippen LogP contribution in [0.4, 0.5) is 55.5 Å². The Hall–Kier alpha value is -5.23. The Morgan fingerprint density at radius 1 is 1.00 bits per heavy atom. The first kappa shape index (κ1) is 43.8. The van der Waals surface area contributed by atoms with Gasteiger partial charge in [0.2, 0.25) is 0 Å². The number of amides is 2. The van der Waals surface area contributed by atoms with Crippen molar-refractivity contribution in [3.63, 3.8) is 0 Å². The molecule has 21 heteroatoms. The van der Waals surface area contributed by atoms with Crippen molar-refractivity contribution in [3.05, 3.63) is 41.0 Å². The number of hydrogen-bond acceptors (Lipinski definition) is 11. The number of alkyl halides is 6. The lowest BCUT2D eigenvalue weighted by atomic mass is 9.87. The van der Waals surface area contributed by atoms with E-state index in [1.807, 2.05) is 0 Å². The molecule has 3 aliphatic heterocycles. The molecule has 2 amide bonds. The van der Waals surface area contributed by atoms with Gasteiger partial charge in [0, 0.05) is 36.0 Å². The third kappa shape index (κ3) is 8.40. The molecule has 0 aliphatic carbocycles. The molecule has 0 radical (unpaired) electrons. The van der Waals surface area contributed by atoms with E-state index in [1.54, 1.807) is 47.6 Å². The quantitative estimate of drug-likeness (QED) is 0.186. The zero-order valence-electron chi connectivity index (χ0n) is 33.7. The Labute approximate surface area is 347 Å². The van der Waals surface area contributed by atoms with Crippen LogP contribution in [0, 0.1) is 28.4 Å². The summed E-state index contributed by atoms with van der Waals surface area (Å²) in [5.74, 6) is -2.93. The second-order valence-corrected chi connectivity index (χ2v) is 18.2. The number of halogens is 8. The predicted molar refractivity (Wildman–Crippen MR) is 206 cm³/mol. The molecule has 2 aromatic heterocycles.